The minimum absolute atomic E-state index is 0.116. The lowest BCUT2D eigenvalue weighted by molar-refractivity contribution is -0.131. The summed E-state index contributed by atoms with van der Waals surface area (Å²) in [7, 11) is 1.44. The van der Waals surface area contributed by atoms with E-state index >= 15 is 0 Å². The summed E-state index contributed by atoms with van der Waals surface area (Å²) in [5.41, 5.74) is 1.13. The van der Waals surface area contributed by atoms with Crippen molar-refractivity contribution in [3.8, 4) is 11.5 Å². The van der Waals surface area contributed by atoms with Crippen molar-refractivity contribution in [2.45, 2.75) is 25.7 Å². The molecule has 230 valence electrons. The number of ether oxygens (including phenoxy) is 1. The number of benzene rings is 3. The van der Waals surface area contributed by atoms with Crippen molar-refractivity contribution < 1.29 is 29.0 Å². The van der Waals surface area contributed by atoms with Crippen LogP contribution in [0.3, 0.4) is 0 Å². The molecule has 1 N–H and O–H groups in total. The number of halogens is 3. The molecule has 0 unspecified atom stereocenters. The van der Waals surface area contributed by atoms with Gasteiger partial charge in [0.05, 0.1) is 46.1 Å². The highest BCUT2D eigenvalue weighted by Crippen LogP contribution is 2.65. The smallest absolute Gasteiger partial charge is 0.241 e. The van der Waals surface area contributed by atoms with Crippen molar-refractivity contribution in [3.05, 3.63) is 91.8 Å². The van der Waals surface area contributed by atoms with Gasteiger partial charge in [0, 0.05) is 15.4 Å². The van der Waals surface area contributed by atoms with E-state index in [1.165, 1.54) is 16.9 Å². The lowest BCUT2D eigenvalue weighted by atomic mass is 9.51. The molecule has 0 radical (unpaired) electrons. The SMILES string of the molecule is COc1cc([C@H]2C3=CC[C@@H]4C(=O)N(c5ccc(Cl)cc5)C(=O)[C@@H]4[C@@H]3C[C@H]3C(=O)N(c4ccccc4)C(=O)[C@@]23C)c(Br)c(Br)c1O. The summed E-state index contributed by atoms with van der Waals surface area (Å²) < 4.78 is 6.35. The Morgan fingerprint density at radius 1 is 0.889 bits per heavy atom. The number of allylic oxidation sites excluding steroid dienone is 2. The number of hydrogen-bond acceptors (Lipinski definition) is 6. The molecule has 3 aromatic rings. The fourth-order valence-electron chi connectivity index (χ4n) is 8.00. The van der Waals surface area contributed by atoms with Crippen molar-refractivity contribution in [1.82, 2.24) is 0 Å². The second-order valence-electron chi connectivity index (χ2n) is 12.1. The molecule has 0 bridgehead atoms. The van der Waals surface area contributed by atoms with Gasteiger partial charge < -0.3 is 9.84 Å². The normalized spacial score (nSPS) is 29.0. The standard InChI is InChI=1S/C34H27Br2ClN2O6/c1-34-23(31(42)39(33(34)44)17-6-4-3-5-7-17)14-21-19(26(34)22-15-24(45-2)29(40)28(36)27(22)35)12-13-20-25(21)32(43)38(30(20)41)18-10-8-16(37)9-11-18/h3-12,15,20-21,23,25-26,40H,13-14H2,1-2H3/t20-,21+,23-,25-,26+,34+/m0/s1. The van der Waals surface area contributed by atoms with E-state index in [0.29, 0.717) is 37.3 Å². The van der Waals surface area contributed by atoms with E-state index in [1.807, 2.05) is 19.1 Å². The first-order chi connectivity index (χ1) is 21.5. The molecule has 4 aliphatic rings. The average Bonchev–Trinajstić information content (AvgIpc) is 3.41. The van der Waals surface area contributed by atoms with E-state index in [1.54, 1.807) is 54.6 Å². The fraction of sp³-hybridized carbons (Fsp3) is 0.294. The van der Waals surface area contributed by atoms with Crippen LogP contribution in [0.1, 0.15) is 31.2 Å². The zero-order valence-corrected chi connectivity index (χ0v) is 28.1. The molecule has 3 fully saturated rings. The maximum absolute atomic E-state index is 14.6. The van der Waals surface area contributed by atoms with Crippen molar-refractivity contribution >= 4 is 78.5 Å². The number of aromatic hydroxyl groups is 1. The highest BCUT2D eigenvalue weighted by molar-refractivity contribution is 9.13. The van der Waals surface area contributed by atoms with Crippen LogP contribution in [0.5, 0.6) is 11.5 Å². The largest absolute Gasteiger partial charge is 0.503 e. The van der Waals surface area contributed by atoms with Crippen LogP contribution >= 0.6 is 43.5 Å². The van der Waals surface area contributed by atoms with Crippen molar-refractivity contribution in [2.24, 2.45) is 29.1 Å². The van der Waals surface area contributed by atoms with Crippen molar-refractivity contribution in [2.75, 3.05) is 16.9 Å². The number of hydrogen-bond donors (Lipinski definition) is 1. The molecular weight excluding hydrogens is 728 g/mol. The maximum atomic E-state index is 14.6. The molecule has 2 aliphatic carbocycles. The van der Waals surface area contributed by atoms with Gasteiger partial charge in [-0.25, -0.2) is 4.90 Å². The highest BCUT2D eigenvalue weighted by atomic mass is 79.9. The molecule has 2 heterocycles. The molecule has 45 heavy (non-hydrogen) atoms. The van der Waals surface area contributed by atoms with Crippen molar-refractivity contribution in [1.29, 1.82) is 0 Å². The number of imide groups is 2. The predicted molar refractivity (Wildman–Crippen MR) is 175 cm³/mol. The van der Waals surface area contributed by atoms with Gasteiger partial charge in [-0.15, -0.1) is 0 Å². The number of carbonyl (C=O) groups is 4. The Labute approximate surface area is 281 Å². The third-order valence-corrected chi connectivity index (χ3v) is 12.5. The van der Waals surface area contributed by atoms with E-state index in [4.69, 9.17) is 16.3 Å². The first-order valence-electron chi connectivity index (χ1n) is 14.5. The Bertz CT molecular complexity index is 1830. The lowest BCUT2D eigenvalue weighted by Gasteiger charge is -2.49. The van der Waals surface area contributed by atoms with Crippen LogP contribution in [0.25, 0.3) is 0 Å². The number of methoxy groups -OCH3 is 1. The van der Waals surface area contributed by atoms with E-state index in [9.17, 15) is 24.3 Å². The average molecular weight is 755 g/mol. The maximum Gasteiger partial charge on any atom is 0.241 e. The number of phenols is 1. The summed E-state index contributed by atoms with van der Waals surface area (Å²) >= 11 is 13.2. The first kappa shape index (κ1) is 30.2. The molecular formula is C34H27Br2ClN2O6. The zero-order valence-electron chi connectivity index (χ0n) is 24.2. The minimum Gasteiger partial charge on any atom is -0.503 e. The molecule has 1 saturated carbocycles. The number of rotatable bonds is 4. The van der Waals surface area contributed by atoms with Gasteiger partial charge in [-0.05, 0) is 106 Å². The van der Waals surface area contributed by atoms with E-state index in [2.05, 4.69) is 31.9 Å². The molecule has 2 aliphatic heterocycles. The topological polar surface area (TPSA) is 104 Å². The number of anilines is 2. The summed E-state index contributed by atoms with van der Waals surface area (Å²) in [5.74, 6) is -4.50. The Morgan fingerprint density at radius 3 is 2.22 bits per heavy atom. The molecule has 8 nitrogen and oxygen atoms in total. The van der Waals surface area contributed by atoms with Crippen LogP contribution in [-0.2, 0) is 19.2 Å². The van der Waals surface area contributed by atoms with E-state index in [0.717, 1.165) is 5.57 Å². The first-order valence-corrected chi connectivity index (χ1v) is 16.5. The van der Waals surface area contributed by atoms with Crippen molar-refractivity contribution in [3.63, 3.8) is 0 Å². The van der Waals surface area contributed by atoms with Crippen LogP contribution in [0, 0.1) is 29.1 Å². The van der Waals surface area contributed by atoms with Gasteiger partial charge in [0.1, 0.15) is 0 Å². The summed E-state index contributed by atoms with van der Waals surface area (Å²) in [6, 6.07) is 17.1. The number of phenolic OH excluding ortho intramolecular Hbond substituents is 1. The number of para-hydroxylation sites is 1. The number of fused-ring (bicyclic) bond motifs is 4. The highest BCUT2D eigenvalue weighted by Gasteiger charge is 2.68. The molecule has 11 heteroatoms. The molecule has 7 rings (SSSR count). The quantitative estimate of drug-likeness (QED) is 0.227. The van der Waals surface area contributed by atoms with E-state index < -0.39 is 35.0 Å². The molecule has 2 saturated heterocycles. The Kier molecular flexibility index (Phi) is 7.26. The molecule has 0 aromatic heterocycles. The van der Waals surface area contributed by atoms with Crippen LogP contribution in [0.15, 0.2) is 81.3 Å². The second kappa shape index (κ2) is 10.8. The van der Waals surface area contributed by atoms with Gasteiger partial charge >= 0.3 is 0 Å². The van der Waals surface area contributed by atoms with Crippen LogP contribution in [0.4, 0.5) is 11.4 Å². The number of nitrogens with zero attached hydrogens (tertiary/aromatic N) is 2. The Hall–Kier alpha value is -3.47. The van der Waals surface area contributed by atoms with Gasteiger partial charge in [-0.2, -0.15) is 0 Å². The summed E-state index contributed by atoms with van der Waals surface area (Å²) in [6.07, 6.45) is 2.52. The molecule has 3 aromatic carbocycles. The number of amides is 4. The van der Waals surface area contributed by atoms with Gasteiger partial charge in [0.15, 0.2) is 11.5 Å². The zero-order chi connectivity index (χ0) is 31.9. The third kappa shape index (κ3) is 4.21. The third-order valence-electron chi connectivity index (χ3n) is 10.1. The summed E-state index contributed by atoms with van der Waals surface area (Å²) in [6.45, 7) is 1.82. The summed E-state index contributed by atoms with van der Waals surface area (Å²) in [4.78, 5) is 59.4. The van der Waals surface area contributed by atoms with Crippen LogP contribution in [-0.4, -0.2) is 35.8 Å². The van der Waals surface area contributed by atoms with E-state index in [-0.39, 0.29) is 41.5 Å². The van der Waals surface area contributed by atoms with Crippen LogP contribution in [0.2, 0.25) is 5.02 Å². The monoisotopic (exact) mass is 752 g/mol. The molecule has 6 atom stereocenters. The number of carbonyl (C=O) groups excluding carboxylic acids is 4. The molecule has 4 amide bonds. The Morgan fingerprint density at radius 2 is 1.56 bits per heavy atom. The van der Waals surface area contributed by atoms with Gasteiger partial charge in [-0.3, -0.25) is 24.1 Å². The predicted octanol–water partition coefficient (Wildman–Crippen LogP) is 7.01. The van der Waals surface area contributed by atoms with Gasteiger partial charge in [0.2, 0.25) is 23.6 Å². The lowest BCUT2D eigenvalue weighted by Crippen LogP contribution is -2.49. The minimum atomic E-state index is -1.24. The fourth-order valence-corrected chi connectivity index (χ4v) is 9.09. The summed E-state index contributed by atoms with van der Waals surface area (Å²) in [5, 5.41) is 11.3. The van der Waals surface area contributed by atoms with Crippen LogP contribution < -0.4 is 14.5 Å². The molecule has 0 spiro atoms. The van der Waals surface area contributed by atoms with Gasteiger partial charge in [-0.1, -0.05) is 41.4 Å². The Balaban J connectivity index is 1.41. The van der Waals surface area contributed by atoms with Gasteiger partial charge in [0.25, 0.3) is 0 Å². The second-order valence-corrected chi connectivity index (χ2v) is 14.2.